The summed E-state index contributed by atoms with van der Waals surface area (Å²) in [7, 11) is -2.29. The van der Waals surface area contributed by atoms with E-state index in [4.69, 9.17) is 4.74 Å². The highest BCUT2D eigenvalue weighted by Crippen LogP contribution is 2.35. The third-order valence-corrected chi connectivity index (χ3v) is 8.80. The average Bonchev–Trinajstić information content (AvgIpc) is 3.56. The van der Waals surface area contributed by atoms with Crippen molar-refractivity contribution in [3.8, 4) is 5.75 Å². The standard InChI is InChI=1S/C24H38N2O4S/c1-7-18(4)19(5)26(21-9-10-21)24(27)20-8-11-22(30-6)23(13-20)31(28,29)25-14-16(2)12-17(3)15-25/h8,11,13,16-19,21H,7,9-10,12,14-15H2,1-6H3. The first-order valence-corrected chi connectivity index (χ1v) is 13.0. The number of amides is 1. The first-order chi connectivity index (χ1) is 14.6. The first-order valence-electron chi connectivity index (χ1n) is 11.6. The molecule has 1 aliphatic heterocycles. The largest absolute Gasteiger partial charge is 0.495 e. The van der Waals surface area contributed by atoms with E-state index in [0.29, 0.717) is 36.4 Å². The van der Waals surface area contributed by atoms with Crippen LogP contribution in [0.1, 0.15) is 70.7 Å². The summed E-state index contributed by atoms with van der Waals surface area (Å²) in [5, 5.41) is 0. The van der Waals surface area contributed by atoms with E-state index >= 15 is 0 Å². The smallest absolute Gasteiger partial charge is 0.254 e. The molecular weight excluding hydrogens is 412 g/mol. The summed E-state index contributed by atoms with van der Waals surface area (Å²) in [6.45, 7) is 11.5. The van der Waals surface area contributed by atoms with Gasteiger partial charge in [0, 0.05) is 30.7 Å². The summed E-state index contributed by atoms with van der Waals surface area (Å²) in [4.78, 5) is 15.6. The Morgan fingerprint density at radius 1 is 1.19 bits per heavy atom. The third kappa shape index (κ3) is 5.08. The van der Waals surface area contributed by atoms with Gasteiger partial charge in [-0.05, 0) is 62.1 Å². The fourth-order valence-corrected chi connectivity index (χ4v) is 6.61. The van der Waals surface area contributed by atoms with Gasteiger partial charge in [0.15, 0.2) is 0 Å². The highest BCUT2D eigenvalue weighted by atomic mass is 32.2. The molecule has 0 spiro atoms. The SMILES string of the molecule is CCC(C)C(C)N(C(=O)c1ccc(OC)c(S(=O)(=O)N2CC(C)CC(C)C2)c1)C1CC1. The van der Waals surface area contributed by atoms with Crippen molar-refractivity contribution in [1.29, 1.82) is 0 Å². The second kappa shape index (κ2) is 9.49. The number of hydrogen-bond donors (Lipinski definition) is 0. The Morgan fingerprint density at radius 2 is 1.81 bits per heavy atom. The van der Waals surface area contributed by atoms with Crippen LogP contribution in [0.25, 0.3) is 0 Å². The maximum atomic E-state index is 13.6. The number of piperidine rings is 1. The minimum Gasteiger partial charge on any atom is -0.495 e. The summed E-state index contributed by atoms with van der Waals surface area (Å²) in [6, 6.07) is 5.20. The van der Waals surface area contributed by atoms with E-state index in [0.717, 1.165) is 25.7 Å². The summed E-state index contributed by atoms with van der Waals surface area (Å²) >= 11 is 0. The zero-order valence-electron chi connectivity index (χ0n) is 19.8. The molecule has 0 bridgehead atoms. The summed E-state index contributed by atoms with van der Waals surface area (Å²) in [5.74, 6) is 1.18. The number of sulfonamides is 1. The third-order valence-electron chi connectivity index (χ3n) is 6.94. The average molecular weight is 451 g/mol. The van der Waals surface area contributed by atoms with Crippen LogP contribution in [0.3, 0.4) is 0 Å². The van der Waals surface area contributed by atoms with Gasteiger partial charge in [-0.15, -0.1) is 0 Å². The zero-order chi connectivity index (χ0) is 22.9. The lowest BCUT2D eigenvalue weighted by atomic mass is 9.94. The van der Waals surface area contributed by atoms with Gasteiger partial charge >= 0.3 is 0 Å². The second-order valence-electron chi connectivity index (χ2n) is 9.70. The van der Waals surface area contributed by atoms with Crippen molar-refractivity contribution in [1.82, 2.24) is 9.21 Å². The number of carbonyl (C=O) groups excluding carboxylic acids is 1. The lowest BCUT2D eigenvalue weighted by Crippen LogP contribution is -2.44. The van der Waals surface area contributed by atoms with Gasteiger partial charge in [0.25, 0.3) is 5.91 Å². The Labute approximate surface area is 188 Å². The Bertz CT molecular complexity index is 887. The van der Waals surface area contributed by atoms with Crippen LogP contribution in [0.15, 0.2) is 23.1 Å². The Hall–Kier alpha value is -1.60. The number of methoxy groups -OCH3 is 1. The maximum Gasteiger partial charge on any atom is 0.254 e. The normalized spacial score (nSPS) is 24.5. The van der Waals surface area contributed by atoms with Crippen LogP contribution in [0, 0.1) is 17.8 Å². The van der Waals surface area contributed by atoms with Gasteiger partial charge in [0.1, 0.15) is 10.6 Å². The number of benzene rings is 1. The molecule has 7 heteroatoms. The molecule has 1 saturated heterocycles. The molecule has 6 nitrogen and oxygen atoms in total. The van der Waals surface area contributed by atoms with E-state index in [1.807, 2.05) is 4.90 Å². The van der Waals surface area contributed by atoms with E-state index in [-0.39, 0.29) is 28.6 Å². The van der Waals surface area contributed by atoms with Crippen LogP contribution in [0.2, 0.25) is 0 Å². The number of nitrogens with zero attached hydrogens (tertiary/aromatic N) is 2. The van der Waals surface area contributed by atoms with Crippen molar-refractivity contribution < 1.29 is 17.9 Å². The molecule has 3 rings (SSSR count). The lowest BCUT2D eigenvalue weighted by molar-refractivity contribution is 0.0615. The van der Waals surface area contributed by atoms with E-state index in [1.54, 1.807) is 16.4 Å². The van der Waals surface area contributed by atoms with Crippen LogP contribution in [-0.2, 0) is 10.0 Å². The summed E-state index contributed by atoms with van der Waals surface area (Å²) < 4.78 is 34.1. The van der Waals surface area contributed by atoms with E-state index < -0.39 is 10.0 Å². The molecule has 1 aliphatic carbocycles. The monoisotopic (exact) mass is 450 g/mol. The topological polar surface area (TPSA) is 66.9 Å². The number of hydrogen-bond acceptors (Lipinski definition) is 4. The van der Waals surface area contributed by atoms with Gasteiger partial charge in [-0.25, -0.2) is 8.42 Å². The second-order valence-corrected chi connectivity index (χ2v) is 11.6. The van der Waals surface area contributed by atoms with Crippen LogP contribution in [-0.4, -0.2) is 55.8 Å². The van der Waals surface area contributed by atoms with Gasteiger partial charge in [-0.1, -0.05) is 34.1 Å². The van der Waals surface area contributed by atoms with E-state index in [1.165, 1.54) is 13.2 Å². The number of carbonyl (C=O) groups is 1. The number of rotatable bonds is 8. The highest BCUT2D eigenvalue weighted by molar-refractivity contribution is 7.89. The van der Waals surface area contributed by atoms with Crippen molar-refractivity contribution in [3.05, 3.63) is 23.8 Å². The van der Waals surface area contributed by atoms with Gasteiger partial charge in [-0.3, -0.25) is 4.79 Å². The molecule has 0 radical (unpaired) electrons. The molecule has 1 saturated carbocycles. The first kappa shape index (κ1) is 24.1. The molecule has 31 heavy (non-hydrogen) atoms. The molecule has 1 aromatic rings. The molecule has 1 amide bonds. The molecule has 4 unspecified atom stereocenters. The quantitative estimate of drug-likeness (QED) is 0.589. The maximum absolute atomic E-state index is 13.6. The van der Waals surface area contributed by atoms with Gasteiger partial charge in [-0.2, -0.15) is 4.31 Å². The lowest BCUT2D eigenvalue weighted by Gasteiger charge is -2.35. The van der Waals surface area contributed by atoms with Crippen LogP contribution in [0.5, 0.6) is 5.75 Å². The van der Waals surface area contributed by atoms with Gasteiger partial charge in [0.2, 0.25) is 10.0 Å². The molecule has 1 aromatic carbocycles. The predicted molar refractivity (Wildman–Crippen MR) is 123 cm³/mol. The molecule has 0 aromatic heterocycles. The summed E-state index contributed by atoms with van der Waals surface area (Å²) in [6.07, 6.45) is 4.03. The fourth-order valence-electron chi connectivity index (χ4n) is 4.75. The Balaban J connectivity index is 1.97. The molecule has 2 fully saturated rings. The minimum absolute atomic E-state index is 0.0882. The van der Waals surface area contributed by atoms with Gasteiger partial charge < -0.3 is 9.64 Å². The highest BCUT2D eigenvalue weighted by Gasteiger charge is 2.39. The van der Waals surface area contributed by atoms with Crippen molar-refractivity contribution in [2.24, 2.45) is 17.8 Å². The Kier molecular flexibility index (Phi) is 7.36. The van der Waals surface area contributed by atoms with Crippen LogP contribution < -0.4 is 4.74 Å². The summed E-state index contributed by atoms with van der Waals surface area (Å²) in [5.41, 5.74) is 0.416. The molecular formula is C24H38N2O4S. The van der Waals surface area contributed by atoms with Crippen molar-refractivity contribution in [2.75, 3.05) is 20.2 Å². The van der Waals surface area contributed by atoms with Crippen molar-refractivity contribution in [2.45, 2.75) is 77.3 Å². The van der Waals surface area contributed by atoms with Crippen molar-refractivity contribution in [3.63, 3.8) is 0 Å². The molecule has 4 atom stereocenters. The van der Waals surface area contributed by atoms with Crippen LogP contribution in [0.4, 0.5) is 0 Å². The van der Waals surface area contributed by atoms with E-state index in [2.05, 4.69) is 34.6 Å². The molecule has 174 valence electrons. The van der Waals surface area contributed by atoms with Crippen LogP contribution >= 0.6 is 0 Å². The van der Waals surface area contributed by atoms with Crippen molar-refractivity contribution >= 4 is 15.9 Å². The van der Waals surface area contributed by atoms with E-state index in [9.17, 15) is 13.2 Å². The zero-order valence-corrected chi connectivity index (χ0v) is 20.6. The Morgan fingerprint density at radius 3 is 2.32 bits per heavy atom. The molecule has 2 aliphatic rings. The minimum atomic E-state index is -3.76. The fraction of sp³-hybridized carbons (Fsp3) is 0.708. The molecule has 1 heterocycles. The van der Waals surface area contributed by atoms with Gasteiger partial charge in [0.05, 0.1) is 7.11 Å². The molecule has 0 N–H and O–H groups in total. The predicted octanol–water partition coefficient (Wildman–Crippen LogP) is 4.40. The number of ether oxygens (including phenoxy) is 1.